The van der Waals surface area contributed by atoms with Gasteiger partial charge < -0.3 is 15.4 Å². The third kappa shape index (κ3) is 4.43. The SMILES string of the molecule is COc1cc(NC(=O)c2ccccc2Cl)ccc1NC(=O)c1cccnc1. The number of nitrogens with zero attached hydrogens (tertiary/aromatic N) is 1. The van der Waals surface area contributed by atoms with E-state index in [1.807, 2.05) is 0 Å². The van der Waals surface area contributed by atoms with E-state index in [0.29, 0.717) is 33.3 Å². The Balaban J connectivity index is 1.77. The van der Waals surface area contributed by atoms with Crippen molar-refractivity contribution in [2.45, 2.75) is 0 Å². The van der Waals surface area contributed by atoms with Gasteiger partial charge in [-0.2, -0.15) is 0 Å². The van der Waals surface area contributed by atoms with Crippen molar-refractivity contribution in [1.29, 1.82) is 0 Å². The zero-order chi connectivity index (χ0) is 19.2. The van der Waals surface area contributed by atoms with Gasteiger partial charge >= 0.3 is 0 Å². The maximum absolute atomic E-state index is 12.4. The molecule has 0 atom stereocenters. The Hall–Kier alpha value is -3.38. The summed E-state index contributed by atoms with van der Waals surface area (Å²) in [7, 11) is 1.48. The first-order valence-corrected chi connectivity index (χ1v) is 8.41. The van der Waals surface area contributed by atoms with E-state index in [2.05, 4.69) is 15.6 Å². The van der Waals surface area contributed by atoms with Gasteiger partial charge in [-0.3, -0.25) is 14.6 Å². The van der Waals surface area contributed by atoms with Crippen molar-refractivity contribution in [2.75, 3.05) is 17.7 Å². The minimum absolute atomic E-state index is 0.311. The second kappa shape index (κ2) is 8.33. The van der Waals surface area contributed by atoms with E-state index in [4.69, 9.17) is 16.3 Å². The van der Waals surface area contributed by atoms with E-state index < -0.39 is 0 Å². The first-order valence-electron chi connectivity index (χ1n) is 8.04. The highest BCUT2D eigenvalue weighted by Gasteiger charge is 2.13. The lowest BCUT2D eigenvalue weighted by atomic mass is 10.2. The Bertz CT molecular complexity index is 977. The molecule has 3 rings (SSSR count). The summed E-state index contributed by atoms with van der Waals surface area (Å²) in [6.45, 7) is 0. The molecule has 6 nitrogen and oxygen atoms in total. The maximum atomic E-state index is 12.4. The molecule has 1 heterocycles. The first kappa shape index (κ1) is 18.4. The molecule has 0 saturated heterocycles. The van der Waals surface area contributed by atoms with Gasteiger partial charge in [0.15, 0.2) is 0 Å². The van der Waals surface area contributed by atoms with Crippen molar-refractivity contribution < 1.29 is 14.3 Å². The average molecular weight is 382 g/mol. The number of ether oxygens (including phenoxy) is 1. The Labute approximate surface area is 161 Å². The van der Waals surface area contributed by atoms with Gasteiger partial charge in [0, 0.05) is 24.1 Å². The van der Waals surface area contributed by atoms with Crippen LogP contribution < -0.4 is 15.4 Å². The summed E-state index contributed by atoms with van der Waals surface area (Å²) in [5.41, 5.74) is 1.78. The number of hydrogen-bond donors (Lipinski definition) is 2. The Kier molecular flexibility index (Phi) is 5.68. The van der Waals surface area contributed by atoms with Gasteiger partial charge in [0.05, 0.1) is 28.9 Å². The molecule has 2 N–H and O–H groups in total. The van der Waals surface area contributed by atoms with Gasteiger partial charge in [-0.15, -0.1) is 0 Å². The van der Waals surface area contributed by atoms with E-state index in [-0.39, 0.29) is 11.8 Å². The third-order valence-corrected chi connectivity index (χ3v) is 4.08. The van der Waals surface area contributed by atoms with Crippen molar-refractivity contribution >= 4 is 34.8 Å². The summed E-state index contributed by atoms with van der Waals surface area (Å²) in [4.78, 5) is 28.6. The summed E-state index contributed by atoms with van der Waals surface area (Å²) in [6, 6.07) is 15.0. The highest BCUT2D eigenvalue weighted by atomic mass is 35.5. The molecule has 2 aromatic carbocycles. The summed E-state index contributed by atoms with van der Waals surface area (Å²) in [5.74, 6) is -0.242. The minimum atomic E-state index is -0.338. The number of pyridine rings is 1. The number of anilines is 2. The fourth-order valence-electron chi connectivity index (χ4n) is 2.41. The lowest BCUT2D eigenvalue weighted by Crippen LogP contribution is -2.14. The molecule has 0 saturated carbocycles. The Morgan fingerprint density at radius 2 is 1.81 bits per heavy atom. The standard InChI is InChI=1S/C20H16ClN3O3/c1-27-18-11-14(23-20(26)15-6-2-3-7-16(15)21)8-9-17(18)24-19(25)13-5-4-10-22-12-13/h2-12H,1H3,(H,23,26)(H,24,25). The number of benzene rings is 2. The molecule has 0 fully saturated rings. The third-order valence-electron chi connectivity index (χ3n) is 3.75. The minimum Gasteiger partial charge on any atom is -0.494 e. The molecule has 0 unspecified atom stereocenters. The van der Waals surface area contributed by atoms with Crippen LogP contribution in [0.2, 0.25) is 5.02 Å². The van der Waals surface area contributed by atoms with Crippen LogP contribution in [0.25, 0.3) is 0 Å². The summed E-state index contributed by atoms with van der Waals surface area (Å²) in [5, 5.41) is 5.88. The van der Waals surface area contributed by atoms with Crippen LogP contribution in [0.3, 0.4) is 0 Å². The molecule has 7 heteroatoms. The fourth-order valence-corrected chi connectivity index (χ4v) is 2.63. The molecule has 136 valence electrons. The van der Waals surface area contributed by atoms with Crippen LogP contribution in [-0.4, -0.2) is 23.9 Å². The van der Waals surface area contributed by atoms with Gasteiger partial charge in [0.25, 0.3) is 11.8 Å². The molecule has 2 amide bonds. The Morgan fingerprint density at radius 3 is 2.52 bits per heavy atom. The van der Waals surface area contributed by atoms with Gasteiger partial charge in [-0.05, 0) is 36.4 Å². The number of methoxy groups -OCH3 is 1. The fraction of sp³-hybridized carbons (Fsp3) is 0.0500. The second-order valence-electron chi connectivity index (χ2n) is 5.54. The van der Waals surface area contributed by atoms with Gasteiger partial charge in [-0.25, -0.2) is 0 Å². The number of rotatable bonds is 5. The predicted octanol–water partition coefficient (Wildman–Crippen LogP) is 4.25. The number of nitrogens with one attached hydrogen (secondary N) is 2. The van der Waals surface area contributed by atoms with E-state index >= 15 is 0 Å². The van der Waals surface area contributed by atoms with Gasteiger partial charge in [0.2, 0.25) is 0 Å². The van der Waals surface area contributed by atoms with Crippen molar-refractivity contribution in [3.05, 3.63) is 83.1 Å². The largest absolute Gasteiger partial charge is 0.494 e. The molecule has 0 bridgehead atoms. The van der Waals surface area contributed by atoms with Gasteiger partial charge in [-0.1, -0.05) is 23.7 Å². The number of hydrogen-bond acceptors (Lipinski definition) is 4. The lowest BCUT2D eigenvalue weighted by molar-refractivity contribution is 0.101. The van der Waals surface area contributed by atoms with Crippen LogP contribution in [0.1, 0.15) is 20.7 Å². The highest BCUT2D eigenvalue weighted by molar-refractivity contribution is 6.34. The van der Waals surface area contributed by atoms with Crippen molar-refractivity contribution in [3.63, 3.8) is 0 Å². The number of carbonyl (C=O) groups excluding carboxylic acids is 2. The van der Waals surface area contributed by atoms with E-state index in [1.54, 1.807) is 60.8 Å². The smallest absolute Gasteiger partial charge is 0.257 e. The van der Waals surface area contributed by atoms with Crippen LogP contribution in [0.4, 0.5) is 11.4 Å². The maximum Gasteiger partial charge on any atom is 0.257 e. The number of amides is 2. The highest BCUT2D eigenvalue weighted by Crippen LogP contribution is 2.29. The summed E-state index contributed by atoms with van der Waals surface area (Å²) >= 11 is 6.05. The Morgan fingerprint density at radius 1 is 1.00 bits per heavy atom. The monoisotopic (exact) mass is 381 g/mol. The number of halogens is 1. The van der Waals surface area contributed by atoms with E-state index in [9.17, 15) is 9.59 Å². The van der Waals surface area contributed by atoms with Crippen LogP contribution in [-0.2, 0) is 0 Å². The lowest BCUT2D eigenvalue weighted by Gasteiger charge is -2.13. The van der Waals surface area contributed by atoms with E-state index in [1.165, 1.54) is 13.3 Å². The summed E-state index contributed by atoms with van der Waals surface area (Å²) < 4.78 is 5.33. The molecule has 0 spiro atoms. The summed E-state index contributed by atoms with van der Waals surface area (Å²) in [6.07, 6.45) is 3.06. The molecule has 0 radical (unpaired) electrons. The van der Waals surface area contributed by atoms with Crippen molar-refractivity contribution in [2.24, 2.45) is 0 Å². The normalized spacial score (nSPS) is 10.1. The number of aromatic nitrogens is 1. The molecule has 0 aliphatic heterocycles. The molecule has 27 heavy (non-hydrogen) atoms. The van der Waals surface area contributed by atoms with Crippen LogP contribution >= 0.6 is 11.6 Å². The first-order chi connectivity index (χ1) is 13.1. The van der Waals surface area contributed by atoms with Gasteiger partial charge in [0.1, 0.15) is 5.75 Å². The van der Waals surface area contributed by atoms with Crippen LogP contribution in [0.15, 0.2) is 67.0 Å². The predicted molar refractivity (Wildman–Crippen MR) is 105 cm³/mol. The molecule has 0 aliphatic carbocycles. The molecule has 1 aromatic heterocycles. The molecular formula is C20H16ClN3O3. The molecule has 0 aliphatic rings. The molecular weight excluding hydrogens is 366 g/mol. The molecule has 3 aromatic rings. The average Bonchev–Trinajstić information content (AvgIpc) is 2.70. The van der Waals surface area contributed by atoms with Crippen LogP contribution in [0.5, 0.6) is 5.75 Å². The second-order valence-corrected chi connectivity index (χ2v) is 5.95. The zero-order valence-corrected chi connectivity index (χ0v) is 15.2. The number of carbonyl (C=O) groups is 2. The van der Waals surface area contributed by atoms with Crippen molar-refractivity contribution in [3.8, 4) is 5.75 Å². The van der Waals surface area contributed by atoms with Crippen molar-refractivity contribution in [1.82, 2.24) is 4.98 Å². The zero-order valence-electron chi connectivity index (χ0n) is 14.4. The topological polar surface area (TPSA) is 80.3 Å². The van der Waals surface area contributed by atoms with E-state index in [0.717, 1.165) is 0 Å². The quantitative estimate of drug-likeness (QED) is 0.692. The van der Waals surface area contributed by atoms with Crippen LogP contribution in [0, 0.1) is 0 Å².